The van der Waals surface area contributed by atoms with Crippen LogP contribution >= 0.6 is 23.7 Å². The van der Waals surface area contributed by atoms with Crippen molar-refractivity contribution in [3.05, 3.63) is 23.6 Å². The van der Waals surface area contributed by atoms with Crippen LogP contribution in [0.5, 0.6) is 11.5 Å². The number of nitrogens with zero attached hydrogens (tertiary/aromatic N) is 1. The molecule has 0 bridgehead atoms. The number of thiazole rings is 1. The van der Waals surface area contributed by atoms with Crippen LogP contribution < -0.4 is 20.5 Å². The zero-order valence-corrected chi connectivity index (χ0v) is 14.6. The number of fused-ring (bicyclic) bond motifs is 1. The van der Waals surface area contributed by atoms with E-state index in [4.69, 9.17) is 19.9 Å². The van der Waals surface area contributed by atoms with E-state index in [9.17, 15) is 4.79 Å². The number of aromatic nitrogens is 1. The SMILES string of the molecule is COCC(N)C(=O)Nc1nc(-c2ccc3c(c2)OCCO3)cs1.Cl. The number of benzene rings is 1. The minimum atomic E-state index is -0.721. The van der Waals surface area contributed by atoms with Crippen molar-refractivity contribution in [3.8, 4) is 22.8 Å². The summed E-state index contributed by atoms with van der Waals surface area (Å²) in [7, 11) is 1.50. The number of nitrogens with two attached hydrogens (primary N) is 1. The summed E-state index contributed by atoms with van der Waals surface area (Å²) >= 11 is 1.33. The van der Waals surface area contributed by atoms with E-state index in [0.717, 1.165) is 17.0 Å². The van der Waals surface area contributed by atoms with Crippen molar-refractivity contribution in [2.75, 3.05) is 32.2 Å². The molecule has 0 radical (unpaired) electrons. The highest BCUT2D eigenvalue weighted by Crippen LogP contribution is 2.35. The predicted molar refractivity (Wildman–Crippen MR) is 94.3 cm³/mol. The second-order valence-electron chi connectivity index (χ2n) is 4.95. The molecule has 0 fully saturated rings. The van der Waals surface area contributed by atoms with Crippen LogP contribution in [0.1, 0.15) is 0 Å². The predicted octanol–water partition coefficient (Wildman–Crippen LogP) is 1.92. The van der Waals surface area contributed by atoms with Gasteiger partial charge in [-0.3, -0.25) is 4.79 Å². The molecule has 1 aliphatic rings. The first-order valence-corrected chi connectivity index (χ1v) is 7.96. The summed E-state index contributed by atoms with van der Waals surface area (Å²) in [6.07, 6.45) is 0. The summed E-state index contributed by atoms with van der Waals surface area (Å²) in [4.78, 5) is 16.3. The quantitative estimate of drug-likeness (QED) is 0.833. The Labute approximate surface area is 149 Å². The lowest BCUT2D eigenvalue weighted by Crippen LogP contribution is -2.39. The van der Waals surface area contributed by atoms with Crippen LogP contribution in [0.2, 0.25) is 0 Å². The molecule has 3 rings (SSSR count). The smallest absolute Gasteiger partial charge is 0.245 e. The van der Waals surface area contributed by atoms with Gasteiger partial charge >= 0.3 is 0 Å². The lowest BCUT2D eigenvalue weighted by atomic mass is 10.1. The number of hydrogen-bond acceptors (Lipinski definition) is 7. The van der Waals surface area contributed by atoms with Gasteiger partial charge in [0.15, 0.2) is 16.6 Å². The Morgan fingerprint density at radius 3 is 2.92 bits per heavy atom. The molecular formula is C15H18ClN3O4S. The van der Waals surface area contributed by atoms with Crippen LogP contribution in [0, 0.1) is 0 Å². The summed E-state index contributed by atoms with van der Waals surface area (Å²) in [6, 6.07) is 4.92. The Balaban J connectivity index is 0.00000208. The first-order valence-electron chi connectivity index (χ1n) is 7.08. The van der Waals surface area contributed by atoms with Crippen LogP contribution in [0.15, 0.2) is 23.6 Å². The summed E-state index contributed by atoms with van der Waals surface area (Å²) in [5.41, 5.74) is 7.33. The van der Waals surface area contributed by atoms with Crippen molar-refractivity contribution in [1.29, 1.82) is 0 Å². The van der Waals surface area contributed by atoms with E-state index < -0.39 is 6.04 Å². The zero-order valence-electron chi connectivity index (χ0n) is 13.0. The van der Waals surface area contributed by atoms with E-state index in [1.165, 1.54) is 18.4 Å². The molecule has 0 aliphatic carbocycles. The van der Waals surface area contributed by atoms with Gasteiger partial charge in [0.2, 0.25) is 5.91 Å². The molecule has 1 unspecified atom stereocenters. The van der Waals surface area contributed by atoms with Crippen LogP contribution in [-0.2, 0) is 9.53 Å². The fourth-order valence-corrected chi connectivity index (χ4v) is 2.84. The maximum Gasteiger partial charge on any atom is 0.245 e. The van der Waals surface area contributed by atoms with Gasteiger partial charge < -0.3 is 25.3 Å². The first kappa shape index (κ1) is 18.5. The number of carbonyl (C=O) groups excluding carboxylic acids is 1. The van der Waals surface area contributed by atoms with Crippen LogP contribution in [-0.4, -0.2) is 43.9 Å². The highest BCUT2D eigenvalue weighted by Gasteiger charge is 2.16. The third-order valence-electron chi connectivity index (χ3n) is 3.26. The van der Waals surface area contributed by atoms with Gasteiger partial charge in [0.05, 0.1) is 12.3 Å². The van der Waals surface area contributed by atoms with Crippen molar-refractivity contribution >= 4 is 34.8 Å². The van der Waals surface area contributed by atoms with Crippen LogP contribution in [0.3, 0.4) is 0 Å². The van der Waals surface area contributed by atoms with Gasteiger partial charge in [-0.1, -0.05) is 0 Å². The molecule has 9 heteroatoms. The van der Waals surface area contributed by atoms with E-state index in [2.05, 4.69) is 10.3 Å². The van der Waals surface area contributed by atoms with Crippen molar-refractivity contribution < 1.29 is 19.0 Å². The molecule has 0 saturated heterocycles. The van der Waals surface area contributed by atoms with Crippen molar-refractivity contribution in [2.45, 2.75) is 6.04 Å². The first-order chi connectivity index (χ1) is 11.2. The summed E-state index contributed by atoms with van der Waals surface area (Å²) in [5, 5.41) is 5.04. The van der Waals surface area contributed by atoms with Gasteiger partial charge in [-0.05, 0) is 18.2 Å². The number of anilines is 1. The standard InChI is InChI=1S/C15H17N3O4S.ClH/c1-20-7-10(16)14(19)18-15-17-11(8-23-15)9-2-3-12-13(6-9)22-5-4-21-12;/h2-3,6,8,10H,4-5,7,16H2,1H3,(H,17,18,19);1H. The molecule has 2 heterocycles. The molecule has 2 aromatic rings. The molecule has 0 spiro atoms. The largest absolute Gasteiger partial charge is 0.486 e. The van der Waals surface area contributed by atoms with Gasteiger partial charge in [0.1, 0.15) is 19.3 Å². The summed E-state index contributed by atoms with van der Waals surface area (Å²) in [5.74, 6) is 1.11. The van der Waals surface area contributed by atoms with E-state index in [0.29, 0.717) is 24.1 Å². The highest BCUT2D eigenvalue weighted by molar-refractivity contribution is 7.14. The van der Waals surface area contributed by atoms with Crippen molar-refractivity contribution in [2.24, 2.45) is 5.73 Å². The van der Waals surface area contributed by atoms with Gasteiger partial charge in [0.25, 0.3) is 0 Å². The third-order valence-corrected chi connectivity index (χ3v) is 4.01. The number of ether oxygens (including phenoxy) is 3. The molecule has 7 nitrogen and oxygen atoms in total. The molecular weight excluding hydrogens is 354 g/mol. The van der Waals surface area contributed by atoms with Crippen LogP contribution in [0.25, 0.3) is 11.3 Å². The molecule has 0 saturated carbocycles. The number of carbonyl (C=O) groups is 1. The second-order valence-corrected chi connectivity index (χ2v) is 5.81. The minimum absolute atomic E-state index is 0. The second kappa shape index (κ2) is 8.29. The third kappa shape index (κ3) is 4.15. The van der Waals surface area contributed by atoms with E-state index in [1.54, 1.807) is 0 Å². The number of rotatable bonds is 5. The fourth-order valence-electron chi connectivity index (χ4n) is 2.12. The number of methoxy groups -OCH3 is 1. The average Bonchev–Trinajstić information content (AvgIpc) is 3.03. The van der Waals surface area contributed by atoms with Gasteiger partial charge in [-0.25, -0.2) is 4.98 Å². The van der Waals surface area contributed by atoms with E-state index >= 15 is 0 Å². The normalized spacial score (nSPS) is 13.8. The molecule has 1 amide bonds. The van der Waals surface area contributed by atoms with Gasteiger partial charge in [0, 0.05) is 18.1 Å². The topological polar surface area (TPSA) is 95.7 Å². The number of hydrogen-bond donors (Lipinski definition) is 2. The van der Waals surface area contributed by atoms with Gasteiger partial charge in [-0.15, -0.1) is 23.7 Å². The van der Waals surface area contributed by atoms with Gasteiger partial charge in [-0.2, -0.15) is 0 Å². The highest BCUT2D eigenvalue weighted by atomic mass is 35.5. The number of halogens is 1. The lowest BCUT2D eigenvalue weighted by molar-refractivity contribution is -0.118. The molecule has 3 N–H and O–H groups in total. The molecule has 1 atom stereocenters. The maximum atomic E-state index is 11.9. The Bertz CT molecular complexity index is 710. The Morgan fingerprint density at radius 1 is 1.42 bits per heavy atom. The Morgan fingerprint density at radius 2 is 2.17 bits per heavy atom. The fraction of sp³-hybridized carbons (Fsp3) is 0.333. The minimum Gasteiger partial charge on any atom is -0.486 e. The molecule has 1 aliphatic heterocycles. The molecule has 1 aromatic heterocycles. The summed E-state index contributed by atoms with van der Waals surface area (Å²) in [6.45, 7) is 1.25. The Kier molecular flexibility index (Phi) is 6.38. The average molecular weight is 372 g/mol. The van der Waals surface area contributed by atoms with E-state index in [-0.39, 0.29) is 24.9 Å². The molecule has 24 heavy (non-hydrogen) atoms. The van der Waals surface area contributed by atoms with Crippen LogP contribution in [0.4, 0.5) is 5.13 Å². The molecule has 130 valence electrons. The van der Waals surface area contributed by atoms with E-state index in [1.807, 2.05) is 23.6 Å². The maximum absolute atomic E-state index is 11.9. The Hall–Kier alpha value is -1.87. The lowest BCUT2D eigenvalue weighted by Gasteiger charge is -2.18. The van der Waals surface area contributed by atoms with Crippen molar-refractivity contribution in [3.63, 3.8) is 0 Å². The summed E-state index contributed by atoms with van der Waals surface area (Å²) < 4.78 is 15.9. The monoisotopic (exact) mass is 371 g/mol. The number of amides is 1. The number of nitrogens with one attached hydrogen (secondary N) is 1. The zero-order chi connectivity index (χ0) is 16.2. The molecule has 1 aromatic carbocycles. The van der Waals surface area contributed by atoms with Crippen molar-refractivity contribution in [1.82, 2.24) is 4.98 Å².